The Morgan fingerprint density at radius 3 is 2.65 bits per heavy atom. The Bertz CT molecular complexity index is 458. The molecule has 130 valence electrons. The molecule has 1 aromatic heterocycles. The van der Waals surface area contributed by atoms with Crippen LogP contribution in [0.2, 0.25) is 0 Å². The van der Waals surface area contributed by atoms with E-state index in [0.717, 1.165) is 58.7 Å². The maximum absolute atomic E-state index is 12.2. The molecule has 1 aromatic rings. The maximum atomic E-state index is 12.2. The van der Waals surface area contributed by atoms with Gasteiger partial charge in [0.1, 0.15) is 6.61 Å². The van der Waals surface area contributed by atoms with Crippen LogP contribution in [-0.4, -0.2) is 67.7 Å². The molecule has 7 heteroatoms. The van der Waals surface area contributed by atoms with Gasteiger partial charge in [-0.2, -0.15) is 0 Å². The van der Waals surface area contributed by atoms with Gasteiger partial charge in [-0.15, -0.1) is 23.7 Å². The molecule has 0 spiro atoms. The zero-order valence-electron chi connectivity index (χ0n) is 13.4. The number of carbonyl (C=O) groups is 1. The summed E-state index contributed by atoms with van der Waals surface area (Å²) >= 11 is 1.80. The molecule has 0 aromatic carbocycles. The molecule has 0 saturated carbocycles. The zero-order chi connectivity index (χ0) is 15.2. The topological polar surface area (TPSA) is 44.8 Å². The van der Waals surface area contributed by atoms with Crippen molar-refractivity contribution < 1.29 is 9.53 Å². The number of hydrogen-bond donors (Lipinski definition) is 1. The van der Waals surface area contributed by atoms with Gasteiger partial charge in [0, 0.05) is 37.6 Å². The van der Waals surface area contributed by atoms with Gasteiger partial charge in [-0.3, -0.25) is 9.69 Å². The second kappa shape index (κ2) is 9.59. The summed E-state index contributed by atoms with van der Waals surface area (Å²) in [7, 11) is 0. The maximum Gasteiger partial charge on any atom is 0.248 e. The third kappa shape index (κ3) is 5.72. The van der Waals surface area contributed by atoms with Crippen LogP contribution in [0, 0.1) is 0 Å². The molecule has 1 N–H and O–H groups in total. The number of nitrogens with zero attached hydrogens (tertiary/aromatic N) is 2. The fourth-order valence-electron chi connectivity index (χ4n) is 3.02. The summed E-state index contributed by atoms with van der Waals surface area (Å²) in [5, 5.41) is 5.43. The fourth-order valence-corrected chi connectivity index (χ4v) is 3.77. The fraction of sp³-hybridized carbons (Fsp3) is 0.688. The summed E-state index contributed by atoms with van der Waals surface area (Å²) in [6, 6.07) is 4.27. The van der Waals surface area contributed by atoms with E-state index in [-0.39, 0.29) is 31.0 Å². The second-order valence-corrected chi connectivity index (χ2v) is 7.03. The van der Waals surface area contributed by atoms with Crippen molar-refractivity contribution in [2.45, 2.75) is 25.5 Å². The lowest BCUT2D eigenvalue weighted by atomic mass is 10.1. The van der Waals surface area contributed by atoms with Crippen molar-refractivity contribution in [1.29, 1.82) is 0 Å². The predicted octanol–water partition coefficient (Wildman–Crippen LogP) is 1.58. The third-order valence-electron chi connectivity index (χ3n) is 4.41. The first-order valence-electron chi connectivity index (χ1n) is 8.16. The number of piperazine rings is 1. The first kappa shape index (κ1) is 18.7. The SMILES string of the molecule is Cl.O=C(COC1CCNCC1)N1CCN(Cc2cccs2)CC1. The van der Waals surface area contributed by atoms with Crippen molar-refractivity contribution in [2.24, 2.45) is 0 Å². The van der Waals surface area contributed by atoms with E-state index in [0.29, 0.717) is 0 Å². The number of carbonyl (C=O) groups excluding carboxylic acids is 1. The number of hydrogen-bond acceptors (Lipinski definition) is 5. The molecule has 2 aliphatic heterocycles. The van der Waals surface area contributed by atoms with Crippen LogP contribution >= 0.6 is 23.7 Å². The lowest BCUT2D eigenvalue weighted by Crippen LogP contribution is -2.49. The molecule has 3 heterocycles. The van der Waals surface area contributed by atoms with Gasteiger partial charge in [0.2, 0.25) is 5.91 Å². The molecule has 0 unspecified atom stereocenters. The van der Waals surface area contributed by atoms with Crippen LogP contribution in [-0.2, 0) is 16.1 Å². The largest absolute Gasteiger partial charge is 0.368 e. The molecule has 0 aliphatic carbocycles. The van der Waals surface area contributed by atoms with E-state index < -0.39 is 0 Å². The van der Waals surface area contributed by atoms with Gasteiger partial charge in [-0.05, 0) is 37.4 Å². The molecule has 2 aliphatic rings. The number of rotatable bonds is 5. The Morgan fingerprint density at radius 2 is 2.00 bits per heavy atom. The minimum Gasteiger partial charge on any atom is -0.368 e. The number of thiophene rings is 1. The number of nitrogens with one attached hydrogen (secondary N) is 1. The molecular formula is C16H26ClN3O2S. The molecular weight excluding hydrogens is 334 g/mol. The van der Waals surface area contributed by atoms with Crippen LogP contribution in [0.4, 0.5) is 0 Å². The van der Waals surface area contributed by atoms with Crippen LogP contribution in [0.25, 0.3) is 0 Å². The highest BCUT2D eigenvalue weighted by Crippen LogP contribution is 2.14. The number of piperidine rings is 1. The van der Waals surface area contributed by atoms with Crippen molar-refractivity contribution in [3.63, 3.8) is 0 Å². The highest BCUT2D eigenvalue weighted by Gasteiger charge is 2.22. The van der Waals surface area contributed by atoms with Crippen molar-refractivity contribution in [2.75, 3.05) is 45.9 Å². The minimum atomic E-state index is 0. The first-order valence-corrected chi connectivity index (χ1v) is 9.04. The molecule has 2 fully saturated rings. The standard InChI is InChI=1S/C16H25N3O2S.ClH/c20-16(13-21-14-3-5-17-6-4-14)19-9-7-18(8-10-19)12-15-2-1-11-22-15;/h1-2,11,14,17H,3-10,12-13H2;1H. The van der Waals surface area contributed by atoms with Crippen LogP contribution in [0.3, 0.4) is 0 Å². The summed E-state index contributed by atoms with van der Waals surface area (Å²) in [6.07, 6.45) is 2.29. The first-order chi connectivity index (χ1) is 10.8. The van der Waals surface area contributed by atoms with Crippen LogP contribution in [0.1, 0.15) is 17.7 Å². The van der Waals surface area contributed by atoms with Gasteiger partial charge in [0.05, 0.1) is 6.10 Å². The van der Waals surface area contributed by atoms with E-state index >= 15 is 0 Å². The molecule has 3 rings (SSSR count). The van der Waals surface area contributed by atoms with E-state index in [1.165, 1.54) is 4.88 Å². The highest BCUT2D eigenvalue weighted by atomic mass is 35.5. The van der Waals surface area contributed by atoms with Crippen LogP contribution in [0.15, 0.2) is 17.5 Å². The van der Waals surface area contributed by atoms with Crippen molar-refractivity contribution in [3.05, 3.63) is 22.4 Å². The summed E-state index contributed by atoms with van der Waals surface area (Å²) in [4.78, 5) is 18.0. The van der Waals surface area contributed by atoms with E-state index in [2.05, 4.69) is 27.7 Å². The molecule has 0 atom stereocenters. The summed E-state index contributed by atoms with van der Waals surface area (Å²) < 4.78 is 5.77. The normalized spacial score (nSPS) is 20.3. The second-order valence-electron chi connectivity index (χ2n) is 6.00. The van der Waals surface area contributed by atoms with Gasteiger partial charge in [-0.25, -0.2) is 0 Å². The molecule has 2 saturated heterocycles. The Kier molecular flexibility index (Phi) is 7.79. The molecule has 5 nitrogen and oxygen atoms in total. The molecule has 1 amide bonds. The Balaban J connectivity index is 0.00000192. The van der Waals surface area contributed by atoms with Crippen molar-refractivity contribution in [3.8, 4) is 0 Å². The smallest absolute Gasteiger partial charge is 0.248 e. The van der Waals surface area contributed by atoms with E-state index in [9.17, 15) is 4.79 Å². The number of amides is 1. The lowest BCUT2D eigenvalue weighted by Gasteiger charge is -2.34. The molecule has 23 heavy (non-hydrogen) atoms. The van der Waals surface area contributed by atoms with Crippen LogP contribution in [0.5, 0.6) is 0 Å². The van der Waals surface area contributed by atoms with Crippen molar-refractivity contribution in [1.82, 2.24) is 15.1 Å². The monoisotopic (exact) mass is 359 g/mol. The molecule has 0 radical (unpaired) electrons. The zero-order valence-corrected chi connectivity index (χ0v) is 15.0. The van der Waals surface area contributed by atoms with Gasteiger partial charge in [-0.1, -0.05) is 6.07 Å². The van der Waals surface area contributed by atoms with Gasteiger partial charge < -0.3 is 15.0 Å². The quantitative estimate of drug-likeness (QED) is 0.867. The minimum absolute atomic E-state index is 0. The average molecular weight is 360 g/mol. The molecule has 0 bridgehead atoms. The predicted molar refractivity (Wildman–Crippen MR) is 95.3 cm³/mol. The average Bonchev–Trinajstić information content (AvgIpc) is 3.07. The Labute approximate surface area is 148 Å². The van der Waals surface area contributed by atoms with Crippen molar-refractivity contribution >= 4 is 29.7 Å². The summed E-state index contributed by atoms with van der Waals surface area (Å²) in [5.74, 6) is 0.148. The number of ether oxygens (including phenoxy) is 1. The Hall–Kier alpha value is -0.660. The van der Waals surface area contributed by atoms with Gasteiger partial charge in [0.15, 0.2) is 0 Å². The number of halogens is 1. The summed E-state index contributed by atoms with van der Waals surface area (Å²) in [6.45, 7) is 6.80. The lowest BCUT2D eigenvalue weighted by molar-refractivity contribution is -0.140. The highest BCUT2D eigenvalue weighted by molar-refractivity contribution is 7.09. The van der Waals surface area contributed by atoms with E-state index in [1.54, 1.807) is 11.3 Å². The van der Waals surface area contributed by atoms with Gasteiger partial charge >= 0.3 is 0 Å². The summed E-state index contributed by atoms with van der Waals surface area (Å²) in [5.41, 5.74) is 0. The van der Waals surface area contributed by atoms with Crippen LogP contribution < -0.4 is 5.32 Å². The van der Waals surface area contributed by atoms with E-state index in [1.807, 2.05) is 4.90 Å². The van der Waals surface area contributed by atoms with Gasteiger partial charge in [0.25, 0.3) is 0 Å². The third-order valence-corrected chi connectivity index (χ3v) is 5.27. The van der Waals surface area contributed by atoms with E-state index in [4.69, 9.17) is 4.74 Å². The Morgan fingerprint density at radius 1 is 1.26 bits per heavy atom.